The molecule has 10 heteroatoms. The van der Waals surface area contributed by atoms with Gasteiger partial charge in [-0.3, -0.25) is 14.3 Å². The van der Waals surface area contributed by atoms with Crippen molar-refractivity contribution in [1.29, 1.82) is 0 Å². The summed E-state index contributed by atoms with van der Waals surface area (Å²) in [6.07, 6.45) is -0.208. The standard InChI is InChI=1S/C22H19ClFN3O5/c23-17-7-2-1-5-14(17)9-16(10-20(28)29)25-21(30)18-11-19(22(31)32)27(26-18)12-13-4-3-6-15(24)8-13/h1-8,11,16H,9-10,12H2,(H,25,30)(H,28,29)(H,31,32)/t16-/m1/s1. The maximum absolute atomic E-state index is 13.4. The fraction of sp³-hybridized carbons (Fsp3) is 0.182. The second kappa shape index (κ2) is 10.1. The Hall–Kier alpha value is -3.72. The lowest BCUT2D eigenvalue weighted by Gasteiger charge is -2.17. The van der Waals surface area contributed by atoms with E-state index < -0.39 is 29.7 Å². The molecule has 1 heterocycles. The Bertz CT molecular complexity index is 1160. The Morgan fingerprint density at radius 3 is 2.50 bits per heavy atom. The van der Waals surface area contributed by atoms with Gasteiger partial charge in [0.25, 0.3) is 5.91 Å². The van der Waals surface area contributed by atoms with E-state index >= 15 is 0 Å². The summed E-state index contributed by atoms with van der Waals surface area (Å²) in [7, 11) is 0. The fourth-order valence-electron chi connectivity index (χ4n) is 3.20. The van der Waals surface area contributed by atoms with Gasteiger partial charge in [0.15, 0.2) is 5.69 Å². The maximum atomic E-state index is 13.4. The van der Waals surface area contributed by atoms with Crippen LogP contribution in [0, 0.1) is 5.82 Å². The zero-order valence-corrected chi connectivity index (χ0v) is 17.4. The van der Waals surface area contributed by atoms with E-state index in [4.69, 9.17) is 11.6 Å². The number of carbonyl (C=O) groups excluding carboxylic acids is 1. The van der Waals surface area contributed by atoms with Crippen LogP contribution in [0.4, 0.5) is 4.39 Å². The molecule has 8 nitrogen and oxygen atoms in total. The summed E-state index contributed by atoms with van der Waals surface area (Å²) in [6, 6.07) is 12.7. The van der Waals surface area contributed by atoms with Crippen LogP contribution in [0.2, 0.25) is 5.02 Å². The lowest BCUT2D eigenvalue weighted by Crippen LogP contribution is -2.38. The third-order valence-corrected chi connectivity index (χ3v) is 5.00. The first-order chi connectivity index (χ1) is 15.2. The predicted molar refractivity (Wildman–Crippen MR) is 113 cm³/mol. The molecule has 0 spiro atoms. The fourth-order valence-corrected chi connectivity index (χ4v) is 3.42. The molecule has 0 saturated heterocycles. The molecule has 0 unspecified atom stereocenters. The van der Waals surface area contributed by atoms with Crippen LogP contribution in [-0.2, 0) is 17.8 Å². The Labute approximate surface area is 187 Å². The Morgan fingerprint density at radius 2 is 1.84 bits per heavy atom. The number of halogens is 2. The molecule has 3 aromatic rings. The number of hydrogen-bond acceptors (Lipinski definition) is 4. The van der Waals surface area contributed by atoms with Crippen molar-refractivity contribution in [2.75, 3.05) is 0 Å². The zero-order chi connectivity index (χ0) is 23.3. The molecule has 1 aromatic heterocycles. The van der Waals surface area contributed by atoms with Gasteiger partial charge in [0, 0.05) is 17.1 Å². The molecular weight excluding hydrogens is 441 g/mol. The number of nitrogens with one attached hydrogen (secondary N) is 1. The smallest absolute Gasteiger partial charge is 0.354 e. The van der Waals surface area contributed by atoms with Crippen LogP contribution in [0.3, 0.4) is 0 Å². The number of aromatic carboxylic acids is 1. The molecule has 3 N–H and O–H groups in total. The normalized spacial score (nSPS) is 11.7. The van der Waals surface area contributed by atoms with E-state index in [2.05, 4.69) is 10.4 Å². The molecule has 0 bridgehead atoms. The summed E-state index contributed by atoms with van der Waals surface area (Å²) in [4.78, 5) is 35.6. The van der Waals surface area contributed by atoms with Gasteiger partial charge >= 0.3 is 11.9 Å². The SMILES string of the molecule is O=C(O)C[C@@H](Cc1ccccc1Cl)NC(=O)c1cc(C(=O)O)n(Cc2cccc(F)c2)n1. The van der Waals surface area contributed by atoms with Gasteiger partial charge in [-0.15, -0.1) is 0 Å². The molecule has 0 saturated carbocycles. The van der Waals surface area contributed by atoms with Crippen molar-refractivity contribution in [2.45, 2.75) is 25.4 Å². The van der Waals surface area contributed by atoms with Crippen LogP contribution in [0.5, 0.6) is 0 Å². The monoisotopic (exact) mass is 459 g/mol. The third kappa shape index (κ3) is 5.92. The van der Waals surface area contributed by atoms with E-state index in [0.29, 0.717) is 16.1 Å². The van der Waals surface area contributed by atoms with E-state index in [1.807, 2.05) is 0 Å². The van der Waals surface area contributed by atoms with E-state index in [9.17, 15) is 29.0 Å². The molecule has 1 atom stereocenters. The van der Waals surface area contributed by atoms with Crippen molar-refractivity contribution in [1.82, 2.24) is 15.1 Å². The van der Waals surface area contributed by atoms with Crippen molar-refractivity contribution in [3.63, 3.8) is 0 Å². The first kappa shape index (κ1) is 23.0. The summed E-state index contributed by atoms with van der Waals surface area (Å²) in [5.74, 6) is -3.65. The molecule has 1 amide bonds. The lowest BCUT2D eigenvalue weighted by atomic mass is 10.0. The van der Waals surface area contributed by atoms with Crippen LogP contribution in [0.15, 0.2) is 54.6 Å². The number of aromatic nitrogens is 2. The summed E-state index contributed by atoms with van der Waals surface area (Å²) < 4.78 is 14.5. The van der Waals surface area contributed by atoms with Crippen LogP contribution >= 0.6 is 11.6 Å². The Kier molecular flexibility index (Phi) is 7.21. The second-order valence-corrected chi connectivity index (χ2v) is 7.48. The molecule has 0 aliphatic carbocycles. The summed E-state index contributed by atoms with van der Waals surface area (Å²) in [5.41, 5.74) is 0.655. The summed E-state index contributed by atoms with van der Waals surface area (Å²) in [5, 5.41) is 25.7. The Morgan fingerprint density at radius 1 is 1.09 bits per heavy atom. The molecule has 0 aliphatic rings. The van der Waals surface area contributed by atoms with Crippen LogP contribution in [-0.4, -0.2) is 43.9 Å². The molecule has 166 valence electrons. The number of hydrogen-bond donors (Lipinski definition) is 3. The summed E-state index contributed by atoms with van der Waals surface area (Å²) in [6.45, 7) is -0.0646. The predicted octanol–water partition coefficient (Wildman–Crippen LogP) is 3.24. The van der Waals surface area contributed by atoms with Gasteiger partial charge in [0.1, 0.15) is 11.5 Å². The van der Waals surface area contributed by atoms with E-state index in [1.54, 1.807) is 30.3 Å². The highest BCUT2D eigenvalue weighted by Crippen LogP contribution is 2.18. The van der Waals surface area contributed by atoms with Gasteiger partial charge < -0.3 is 15.5 Å². The van der Waals surface area contributed by atoms with Gasteiger partial charge in [-0.25, -0.2) is 9.18 Å². The topological polar surface area (TPSA) is 122 Å². The second-order valence-electron chi connectivity index (χ2n) is 7.07. The molecular formula is C22H19ClFN3O5. The highest BCUT2D eigenvalue weighted by molar-refractivity contribution is 6.31. The van der Waals surface area contributed by atoms with Gasteiger partial charge in [0.05, 0.1) is 13.0 Å². The number of nitrogens with zero attached hydrogens (tertiary/aromatic N) is 2. The zero-order valence-electron chi connectivity index (χ0n) is 16.7. The average Bonchev–Trinajstić information content (AvgIpc) is 3.13. The van der Waals surface area contributed by atoms with Crippen molar-refractivity contribution < 1.29 is 29.0 Å². The highest BCUT2D eigenvalue weighted by atomic mass is 35.5. The van der Waals surface area contributed by atoms with Crippen molar-refractivity contribution in [2.24, 2.45) is 0 Å². The van der Waals surface area contributed by atoms with Gasteiger partial charge in [-0.1, -0.05) is 41.9 Å². The molecule has 32 heavy (non-hydrogen) atoms. The largest absolute Gasteiger partial charge is 0.481 e. The minimum Gasteiger partial charge on any atom is -0.481 e. The molecule has 0 fully saturated rings. The molecule has 2 aromatic carbocycles. The Balaban J connectivity index is 1.82. The van der Waals surface area contributed by atoms with E-state index in [1.165, 1.54) is 18.2 Å². The van der Waals surface area contributed by atoms with Gasteiger partial charge in [0.2, 0.25) is 0 Å². The molecule has 3 rings (SSSR count). The minimum atomic E-state index is -1.31. The number of carbonyl (C=O) groups is 3. The molecule has 0 aliphatic heterocycles. The maximum Gasteiger partial charge on any atom is 0.354 e. The summed E-state index contributed by atoms with van der Waals surface area (Å²) >= 11 is 6.14. The highest BCUT2D eigenvalue weighted by Gasteiger charge is 2.23. The van der Waals surface area contributed by atoms with Crippen molar-refractivity contribution in [3.05, 3.63) is 88.0 Å². The van der Waals surface area contributed by atoms with Crippen LogP contribution in [0.25, 0.3) is 0 Å². The number of aliphatic carboxylic acids is 1. The molecule has 0 radical (unpaired) electrons. The minimum absolute atomic E-state index is 0.0646. The number of rotatable bonds is 9. The van der Waals surface area contributed by atoms with Gasteiger partial charge in [-0.05, 0) is 35.7 Å². The third-order valence-electron chi connectivity index (χ3n) is 4.63. The first-order valence-corrected chi connectivity index (χ1v) is 9.92. The quantitative estimate of drug-likeness (QED) is 0.451. The van der Waals surface area contributed by atoms with E-state index in [0.717, 1.165) is 10.7 Å². The average molecular weight is 460 g/mol. The lowest BCUT2D eigenvalue weighted by molar-refractivity contribution is -0.137. The number of benzene rings is 2. The van der Waals surface area contributed by atoms with Crippen LogP contribution < -0.4 is 5.32 Å². The van der Waals surface area contributed by atoms with E-state index in [-0.39, 0.29) is 30.8 Å². The first-order valence-electron chi connectivity index (χ1n) is 9.54. The van der Waals surface area contributed by atoms with Crippen molar-refractivity contribution >= 4 is 29.4 Å². The number of carboxylic acid groups (broad SMARTS) is 2. The number of amides is 1. The van der Waals surface area contributed by atoms with Crippen LogP contribution in [0.1, 0.15) is 38.5 Å². The number of carboxylic acids is 2. The van der Waals surface area contributed by atoms with Gasteiger partial charge in [-0.2, -0.15) is 5.10 Å². The van der Waals surface area contributed by atoms with Crippen molar-refractivity contribution in [3.8, 4) is 0 Å².